The van der Waals surface area contributed by atoms with Crippen LogP contribution in [0.1, 0.15) is 30.8 Å². The maximum absolute atomic E-state index is 12.3. The first kappa shape index (κ1) is 15.8. The molecule has 22 heavy (non-hydrogen) atoms. The van der Waals surface area contributed by atoms with Gasteiger partial charge in [-0.3, -0.25) is 9.59 Å². The van der Waals surface area contributed by atoms with Gasteiger partial charge in [-0.1, -0.05) is 37.3 Å². The predicted molar refractivity (Wildman–Crippen MR) is 84.4 cm³/mol. The molecule has 1 aromatic heterocycles. The van der Waals surface area contributed by atoms with Crippen LogP contribution in [0.3, 0.4) is 0 Å². The summed E-state index contributed by atoms with van der Waals surface area (Å²) in [6.45, 7) is 4.21. The molecule has 0 aliphatic carbocycles. The molecule has 1 unspecified atom stereocenters. The molecule has 0 saturated carbocycles. The molecule has 1 atom stereocenters. The molecule has 0 aliphatic heterocycles. The fraction of sp³-hybridized carbons (Fsp3) is 0.294. The van der Waals surface area contributed by atoms with Crippen LogP contribution in [0, 0.1) is 0 Å². The third-order valence-electron chi connectivity index (χ3n) is 3.25. The molecule has 1 heterocycles. The van der Waals surface area contributed by atoms with Gasteiger partial charge in [0.05, 0.1) is 6.26 Å². The van der Waals surface area contributed by atoms with E-state index in [-0.39, 0.29) is 11.7 Å². The van der Waals surface area contributed by atoms with Gasteiger partial charge in [-0.15, -0.1) is 0 Å². The summed E-state index contributed by atoms with van der Waals surface area (Å²) in [7, 11) is 0. The Kier molecular flexibility index (Phi) is 5.36. The highest BCUT2D eigenvalue weighted by molar-refractivity contribution is 6.00. The van der Waals surface area contributed by atoms with Crippen molar-refractivity contribution in [3.63, 3.8) is 0 Å². The molecule has 5 heteroatoms. The summed E-state index contributed by atoms with van der Waals surface area (Å²) in [5.41, 5.74) is 1.60. The highest BCUT2D eigenvalue weighted by Crippen LogP contribution is 2.24. The quantitative estimate of drug-likeness (QED) is 0.861. The van der Waals surface area contributed by atoms with Gasteiger partial charge < -0.3 is 15.1 Å². The van der Waals surface area contributed by atoms with Gasteiger partial charge in [-0.25, -0.2) is 0 Å². The van der Waals surface area contributed by atoms with Gasteiger partial charge in [0.15, 0.2) is 5.76 Å². The number of hydrogen-bond donors (Lipinski definition) is 2. The van der Waals surface area contributed by atoms with Crippen LogP contribution in [0.5, 0.6) is 0 Å². The van der Waals surface area contributed by atoms with Gasteiger partial charge in [-0.2, -0.15) is 0 Å². The standard InChI is InChI=1S/C17H20N2O3/c1-3-10-18-16(20)12(2)19-17(21)15-14(9-11-22-15)13-7-5-4-6-8-13/h4-9,11-12H,3,10H2,1-2H3,(H,18,20)(H,19,21). The lowest BCUT2D eigenvalue weighted by Gasteiger charge is -2.13. The van der Waals surface area contributed by atoms with E-state index in [9.17, 15) is 9.59 Å². The molecular formula is C17H20N2O3. The van der Waals surface area contributed by atoms with Crippen molar-refractivity contribution in [2.45, 2.75) is 26.3 Å². The molecule has 0 spiro atoms. The molecule has 2 amide bonds. The number of amides is 2. The number of hydrogen-bond acceptors (Lipinski definition) is 3. The first-order valence-corrected chi connectivity index (χ1v) is 7.35. The molecule has 0 radical (unpaired) electrons. The smallest absolute Gasteiger partial charge is 0.288 e. The molecule has 2 rings (SSSR count). The van der Waals surface area contributed by atoms with Gasteiger partial charge in [-0.05, 0) is 25.0 Å². The monoisotopic (exact) mass is 300 g/mol. The fourth-order valence-electron chi connectivity index (χ4n) is 2.06. The summed E-state index contributed by atoms with van der Waals surface area (Å²) in [5.74, 6) is -0.396. The molecule has 0 bridgehead atoms. The maximum atomic E-state index is 12.3. The Balaban J connectivity index is 2.08. The van der Waals surface area contributed by atoms with Crippen molar-refractivity contribution in [3.05, 3.63) is 48.4 Å². The second-order valence-corrected chi connectivity index (χ2v) is 5.02. The van der Waals surface area contributed by atoms with E-state index in [2.05, 4.69) is 10.6 Å². The first-order chi connectivity index (χ1) is 10.6. The average molecular weight is 300 g/mol. The normalized spacial score (nSPS) is 11.7. The summed E-state index contributed by atoms with van der Waals surface area (Å²) < 4.78 is 5.30. The van der Waals surface area contributed by atoms with Gasteiger partial charge in [0.1, 0.15) is 6.04 Å². The van der Waals surface area contributed by atoms with Crippen molar-refractivity contribution < 1.29 is 14.0 Å². The van der Waals surface area contributed by atoms with Crippen LogP contribution >= 0.6 is 0 Å². The number of nitrogens with one attached hydrogen (secondary N) is 2. The van der Waals surface area contributed by atoms with E-state index in [1.807, 2.05) is 37.3 Å². The van der Waals surface area contributed by atoms with E-state index in [0.29, 0.717) is 12.1 Å². The van der Waals surface area contributed by atoms with Crippen LogP contribution in [-0.4, -0.2) is 24.4 Å². The highest BCUT2D eigenvalue weighted by atomic mass is 16.3. The zero-order valence-electron chi connectivity index (χ0n) is 12.8. The molecule has 2 aromatic rings. The molecule has 116 valence electrons. The van der Waals surface area contributed by atoms with E-state index in [0.717, 1.165) is 12.0 Å². The van der Waals surface area contributed by atoms with Gasteiger partial charge in [0.2, 0.25) is 5.91 Å². The second kappa shape index (κ2) is 7.45. The van der Waals surface area contributed by atoms with E-state index in [4.69, 9.17) is 4.42 Å². The van der Waals surface area contributed by atoms with E-state index in [1.54, 1.807) is 13.0 Å². The lowest BCUT2D eigenvalue weighted by molar-refractivity contribution is -0.122. The van der Waals surface area contributed by atoms with Crippen LogP contribution in [-0.2, 0) is 4.79 Å². The summed E-state index contributed by atoms with van der Waals surface area (Å²) in [4.78, 5) is 24.1. The van der Waals surface area contributed by atoms with Crippen molar-refractivity contribution in [1.82, 2.24) is 10.6 Å². The van der Waals surface area contributed by atoms with Crippen molar-refractivity contribution in [2.75, 3.05) is 6.54 Å². The zero-order valence-corrected chi connectivity index (χ0v) is 12.8. The number of furan rings is 1. The maximum Gasteiger partial charge on any atom is 0.288 e. The van der Waals surface area contributed by atoms with Crippen LogP contribution in [0.25, 0.3) is 11.1 Å². The minimum atomic E-state index is -0.618. The lowest BCUT2D eigenvalue weighted by Crippen LogP contribution is -2.45. The first-order valence-electron chi connectivity index (χ1n) is 7.35. The van der Waals surface area contributed by atoms with E-state index in [1.165, 1.54) is 6.26 Å². The Morgan fingerprint density at radius 1 is 1.18 bits per heavy atom. The van der Waals surface area contributed by atoms with E-state index < -0.39 is 11.9 Å². The highest BCUT2D eigenvalue weighted by Gasteiger charge is 2.21. The van der Waals surface area contributed by atoms with E-state index >= 15 is 0 Å². The summed E-state index contributed by atoms with van der Waals surface area (Å²) in [5, 5.41) is 5.40. The largest absolute Gasteiger partial charge is 0.459 e. The van der Waals surface area contributed by atoms with Crippen LogP contribution < -0.4 is 10.6 Å². The molecule has 2 N–H and O–H groups in total. The Morgan fingerprint density at radius 2 is 1.91 bits per heavy atom. The molecule has 0 aliphatic rings. The molecule has 0 saturated heterocycles. The Hall–Kier alpha value is -2.56. The number of carbonyl (C=O) groups excluding carboxylic acids is 2. The Bertz CT molecular complexity index is 634. The number of benzene rings is 1. The molecule has 1 aromatic carbocycles. The minimum Gasteiger partial charge on any atom is -0.459 e. The number of rotatable bonds is 6. The van der Waals surface area contributed by atoms with Crippen molar-refractivity contribution in [3.8, 4) is 11.1 Å². The summed E-state index contributed by atoms with van der Waals surface area (Å²) in [6.07, 6.45) is 2.32. The third-order valence-corrected chi connectivity index (χ3v) is 3.25. The molecule has 0 fully saturated rings. The van der Waals surface area contributed by atoms with Gasteiger partial charge in [0, 0.05) is 12.1 Å². The average Bonchev–Trinajstić information content (AvgIpc) is 3.03. The SMILES string of the molecule is CCCNC(=O)C(C)NC(=O)c1occc1-c1ccccc1. The Morgan fingerprint density at radius 3 is 2.59 bits per heavy atom. The number of carbonyl (C=O) groups is 2. The second-order valence-electron chi connectivity index (χ2n) is 5.02. The van der Waals surface area contributed by atoms with Crippen LogP contribution in [0.4, 0.5) is 0 Å². The van der Waals surface area contributed by atoms with Crippen molar-refractivity contribution in [2.24, 2.45) is 0 Å². The predicted octanol–water partition coefficient (Wildman–Crippen LogP) is 2.59. The topological polar surface area (TPSA) is 71.3 Å². The van der Waals surface area contributed by atoms with Crippen LogP contribution in [0.2, 0.25) is 0 Å². The fourth-order valence-corrected chi connectivity index (χ4v) is 2.06. The Labute approximate surface area is 129 Å². The van der Waals surface area contributed by atoms with Gasteiger partial charge >= 0.3 is 0 Å². The van der Waals surface area contributed by atoms with Crippen molar-refractivity contribution >= 4 is 11.8 Å². The minimum absolute atomic E-state index is 0.206. The third kappa shape index (κ3) is 3.75. The van der Waals surface area contributed by atoms with Gasteiger partial charge in [0.25, 0.3) is 5.91 Å². The lowest BCUT2D eigenvalue weighted by atomic mass is 10.1. The molecule has 5 nitrogen and oxygen atoms in total. The zero-order chi connectivity index (χ0) is 15.9. The van der Waals surface area contributed by atoms with Crippen LogP contribution in [0.15, 0.2) is 47.1 Å². The molecular weight excluding hydrogens is 280 g/mol. The summed E-state index contributed by atoms with van der Waals surface area (Å²) >= 11 is 0. The summed E-state index contributed by atoms with van der Waals surface area (Å²) in [6, 6.07) is 10.6. The van der Waals surface area contributed by atoms with Crippen molar-refractivity contribution in [1.29, 1.82) is 0 Å².